The van der Waals surface area contributed by atoms with Gasteiger partial charge in [-0.15, -0.1) is 0 Å². The summed E-state index contributed by atoms with van der Waals surface area (Å²) in [5.74, 6) is -0.556. The molecule has 0 saturated carbocycles. The Kier molecular flexibility index (Phi) is 6.97. The standard InChI is InChI=1S/C27H28N2O3/c1-20-25(29(20)18-22-13-7-3-8-14-22)26(30)28-24(17-21-11-5-2-6-12-21)27(31)32-19-23-15-9-4-10-16-23/h2-16,20,24-25H,17-19H2,1H3,(H,28,30)/t20?,24-,25?,29?/m0/s1. The summed E-state index contributed by atoms with van der Waals surface area (Å²) in [5.41, 5.74) is 3.05. The molecule has 3 unspecified atom stereocenters. The highest BCUT2D eigenvalue weighted by Crippen LogP contribution is 2.30. The Bertz CT molecular complexity index is 1020. The van der Waals surface area contributed by atoms with Crippen LogP contribution < -0.4 is 5.32 Å². The fourth-order valence-corrected chi connectivity index (χ4v) is 3.94. The molecule has 5 nitrogen and oxygen atoms in total. The summed E-state index contributed by atoms with van der Waals surface area (Å²) in [6.45, 7) is 2.93. The minimum absolute atomic E-state index is 0.132. The Morgan fingerprint density at radius 2 is 1.38 bits per heavy atom. The molecule has 3 aromatic rings. The summed E-state index contributed by atoms with van der Waals surface area (Å²) in [6.07, 6.45) is 0.389. The van der Waals surface area contributed by atoms with Crippen LogP contribution in [0.25, 0.3) is 0 Å². The van der Waals surface area contributed by atoms with Crippen molar-refractivity contribution in [1.82, 2.24) is 10.2 Å². The van der Waals surface area contributed by atoms with Crippen molar-refractivity contribution in [2.75, 3.05) is 0 Å². The van der Waals surface area contributed by atoms with E-state index in [9.17, 15) is 9.59 Å². The van der Waals surface area contributed by atoms with Gasteiger partial charge >= 0.3 is 5.97 Å². The minimum atomic E-state index is -0.736. The number of hydrogen-bond acceptors (Lipinski definition) is 4. The zero-order chi connectivity index (χ0) is 22.3. The molecule has 1 heterocycles. The van der Waals surface area contributed by atoms with Crippen molar-refractivity contribution >= 4 is 11.9 Å². The van der Waals surface area contributed by atoms with Crippen LogP contribution in [0.1, 0.15) is 23.6 Å². The summed E-state index contributed by atoms with van der Waals surface area (Å²) >= 11 is 0. The van der Waals surface area contributed by atoms with Crippen LogP contribution in [-0.2, 0) is 33.9 Å². The van der Waals surface area contributed by atoms with Crippen LogP contribution >= 0.6 is 0 Å². The van der Waals surface area contributed by atoms with Crippen LogP contribution in [0.5, 0.6) is 0 Å². The number of carbonyl (C=O) groups excluding carboxylic acids is 2. The molecule has 164 valence electrons. The molecule has 1 aliphatic heterocycles. The van der Waals surface area contributed by atoms with Gasteiger partial charge in [-0.3, -0.25) is 9.69 Å². The van der Waals surface area contributed by atoms with E-state index in [0.717, 1.165) is 16.7 Å². The molecule has 0 aromatic heterocycles. The van der Waals surface area contributed by atoms with Crippen molar-refractivity contribution in [1.29, 1.82) is 0 Å². The molecule has 1 N–H and O–H groups in total. The van der Waals surface area contributed by atoms with Gasteiger partial charge in [-0.1, -0.05) is 91.0 Å². The Labute approximate surface area is 189 Å². The number of amides is 1. The fraction of sp³-hybridized carbons (Fsp3) is 0.259. The molecule has 0 spiro atoms. The topological polar surface area (TPSA) is 58.4 Å². The van der Waals surface area contributed by atoms with Gasteiger partial charge in [0.25, 0.3) is 0 Å². The SMILES string of the molecule is CC1C(C(=O)N[C@@H](Cc2ccccc2)C(=O)OCc2ccccc2)N1Cc1ccccc1. The predicted molar refractivity (Wildman–Crippen MR) is 124 cm³/mol. The van der Waals surface area contributed by atoms with E-state index in [1.807, 2.05) is 85.8 Å². The summed E-state index contributed by atoms with van der Waals surface area (Å²) in [4.78, 5) is 28.1. The third-order valence-electron chi connectivity index (χ3n) is 5.83. The van der Waals surface area contributed by atoms with Gasteiger partial charge in [-0.25, -0.2) is 4.79 Å². The second kappa shape index (κ2) is 10.2. The first-order chi connectivity index (χ1) is 15.6. The lowest BCUT2D eigenvalue weighted by atomic mass is 10.1. The summed E-state index contributed by atoms with van der Waals surface area (Å²) in [6, 6.07) is 28.5. The van der Waals surface area contributed by atoms with Crippen LogP contribution in [0, 0.1) is 0 Å². The van der Waals surface area contributed by atoms with Crippen molar-refractivity contribution in [3.05, 3.63) is 108 Å². The van der Waals surface area contributed by atoms with Gasteiger partial charge < -0.3 is 10.1 Å². The maximum absolute atomic E-state index is 13.0. The lowest BCUT2D eigenvalue weighted by Crippen LogP contribution is -2.45. The third-order valence-corrected chi connectivity index (χ3v) is 5.83. The van der Waals surface area contributed by atoms with Crippen molar-refractivity contribution in [3.8, 4) is 0 Å². The number of hydrogen-bond donors (Lipinski definition) is 1. The number of nitrogens with one attached hydrogen (secondary N) is 1. The number of benzene rings is 3. The molecule has 5 heteroatoms. The average molecular weight is 429 g/mol. The number of nitrogens with zero attached hydrogens (tertiary/aromatic N) is 1. The summed E-state index contributed by atoms with van der Waals surface area (Å²) in [5, 5.41) is 2.95. The van der Waals surface area contributed by atoms with Crippen molar-refractivity contribution in [3.63, 3.8) is 0 Å². The van der Waals surface area contributed by atoms with Crippen molar-refractivity contribution in [2.24, 2.45) is 0 Å². The maximum atomic E-state index is 13.0. The van der Waals surface area contributed by atoms with Gasteiger partial charge in [0.1, 0.15) is 18.7 Å². The highest BCUT2D eigenvalue weighted by atomic mass is 16.5. The molecule has 4 atom stereocenters. The lowest BCUT2D eigenvalue weighted by Gasteiger charge is -2.18. The predicted octanol–water partition coefficient (Wildman–Crippen LogP) is 3.73. The lowest BCUT2D eigenvalue weighted by molar-refractivity contribution is -0.149. The third kappa shape index (κ3) is 5.62. The highest BCUT2D eigenvalue weighted by molar-refractivity contribution is 5.90. The Balaban J connectivity index is 1.40. The fourth-order valence-electron chi connectivity index (χ4n) is 3.94. The maximum Gasteiger partial charge on any atom is 0.329 e. The van der Waals surface area contributed by atoms with Crippen LogP contribution in [0.15, 0.2) is 91.0 Å². The van der Waals surface area contributed by atoms with E-state index in [0.29, 0.717) is 13.0 Å². The Morgan fingerprint density at radius 3 is 1.97 bits per heavy atom. The molecule has 0 aliphatic carbocycles. The van der Waals surface area contributed by atoms with Gasteiger partial charge in [0.2, 0.25) is 5.91 Å². The molecule has 0 bridgehead atoms. The second-order valence-corrected chi connectivity index (χ2v) is 8.19. The summed E-state index contributed by atoms with van der Waals surface area (Å²) < 4.78 is 5.55. The summed E-state index contributed by atoms with van der Waals surface area (Å²) in [7, 11) is 0. The zero-order valence-electron chi connectivity index (χ0n) is 18.2. The molecule has 32 heavy (non-hydrogen) atoms. The van der Waals surface area contributed by atoms with Gasteiger partial charge in [-0.05, 0) is 23.6 Å². The number of ether oxygens (including phenoxy) is 1. The van der Waals surface area contributed by atoms with Crippen LogP contribution in [0.4, 0.5) is 0 Å². The van der Waals surface area contributed by atoms with Gasteiger partial charge in [0, 0.05) is 19.0 Å². The molecule has 1 fully saturated rings. The molecular formula is C27H28N2O3. The first kappa shape index (κ1) is 21.8. The second-order valence-electron chi connectivity index (χ2n) is 8.19. The first-order valence-corrected chi connectivity index (χ1v) is 11.0. The average Bonchev–Trinajstić information content (AvgIpc) is 3.47. The van der Waals surface area contributed by atoms with E-state index in [1.165, 1.54) is 0 Å². The number of esters is 1. The monoisotopic (exact) mass is 428 g/mol. The van der Waals surface area contributed by atoms with E-state index in [2.05, 4.69) is 22.3 Å². The van der Waals surface area contributed by atoms with E-state index in [4.69, 9.17) is 4.74 Å². The zero-order valence-corrected chi connectivity index (χ0v) is 18.2. The van der Waals surface area contributed by atoms with E-state index >= 15 is 0 Å². The van der Waals surface area contributed by atoms with Crippen LogP contribution in [0.3, 0.4) is 0 Å². The highest BCUT2D eigenvalue weighted by Gasteiger charge is 2.49. The van der Waals surface area contributed by atoms with Gasteiger partial charge in [-0.2, -0.15) is 0 Å². The Morgan fingerprint density at radius 1 is 0.844 bits per heavy atom. The largest absolute Gasteiger partial charge is 0.459 e. The van der Waals surface area contributed by atoms with Gasteiger partial charge in [0.15, 0.2) is 0 Å². The molecule has 3 aromatic carbocycles. The van der Waals surface area contributed by atoms with E-state index < -0.39 is 12.0 Å². The molecular weight excluding hydrogens is 400 g/mol. The minimum Gasteiger partial charge on any atom is -0.459 e. The smallest absolute Gasteiger partial charge is 0.329 e. The van der Waals surface area contributed by atoms with Crippen molar-refractivity contribution < 1.29 is 14.3 Å². The van der Waals surface area contributed by atoms with Gasteiger partial charge in [0.05, 0.1) is 0 Å². The quantitative estimate of drug-likeness (QED) is 0.417. The molecule has 4 rings (SSSR count). The van der Waals surface area contributed by atoms with Crippen LogP contribution in [0.2, 0.25) is 0 Å². The van der Waals surface area contributed by atoms with E-state index in [1.54, 1.807) is 0 Å². The van der Waals surface area contributed by atoms with E-state index in [-0.39, 0.29) is 24.6 Å². The molecule has 1 saturated heterocycles. The molecule has 0 radical (unpaired) electrons. The Hall–Kier alpha value is -3.44. The number of rotatable bonds is 9. The van der Waals surface area contributed by atoms with Crippen LogP contribution in [-0.4, -0.2) is 34.9 Å². The van der Waals surface area contributed by atoms with Crippen molar-refractivity contribution in [2.45, 2.75) is 44.6 Å². The molecule has 1 amide bonds. The molecule has 1 aliphatic rings. The normalized spacial score (nSPS) is 20.2. The number of carbonyl (C=O) groups is 2. The first-order valence-electron chi connectivity index (χ1n) is 11.0.